The Kier molecular flexibility index (Phi) is 6.74. The molecule has 0 amide bonds. The summed E-state index contributed by atoms with van der Waals surface area (Å²) in [6.45, 7) is 14.4. The van der Waals surface area contributed by atoms with Crippen LogP contribution >= 0.6 is 0 Å². The Morgan fingerprint density at radius 3 is 2.39 bits per heavy atom. The molecule has 1 aliphatic carbocycles. The first-order chi connectivity index (χ1) is 14.8. The van der Waals surface area contributed by atoms with Gasteiger partial charge in [-0.05, 0) is 116 Å². The monoisotopic (exact) mass is 422 g/mol. The zero-order valence-corrected chi connectivity index (χ0v) is 20.2. The molecule has 0 saturated carbocycles. The van der Waals surface area contributed by atoms with E-state index in [2.05, 4.69) is 56.9 Å². The Labute approximate surface area is 189 Å². The molecule has 3 nitrogen and oxygen atoms in total. The third-order valence-corrected chi connectivity index (χ3v) is 8.15. The molecule has 170 valence electrons. The van der Waals surface area contributed by atoms with E-state index in [0.717, 1.165) is 19.4 Å². The maximum absolute atomic E-state index is 8.94. The van der Waals surface area contributed by atoms with Gasteiger partial charge < -0.3 is 10.0 Å². The lowest BCUT2D eigenvalue weighted by Gasteiger charge is -2.42. The van der Waals surface area contributed by atoms with Gasteiger partial charge >= 0.3 is 0 Å². The normalized spacial score (nSPS) is 23.4. The zero-order valence-electron chi connectivity index (χ0n) is 20.2. The molecule has 0 bridgehead atoms. The van der Waals surface area contributed by atoms with E-state index in [1.54, 1.807) is 5.57 Å². The van der Waals surface area contributed by atoms with Crippen LogP contribution in [0.3, 0.4) is 0 Å². The number of benzene rings is 1. The fourth-order valence-corrected chi connectivity index (χ4v) is 5.76. The number of rotatable bonds is 7. The lowest BCUT2D eigenvalue weighted by molar-refractivity contribution is 0.192. The highest BCUT2D eigenvalue weighted by molar-refractivity contribution is 6.10. The van der Waals surface area contributed by atoms with E-state index >= 15 is 0 Å². The Balaban J connectivity index is 1.40. The van der Waals surface area contributed by atoms with Crippen molar-refractivity contribution < 1.29 is 5.11 Å². The summed E-state index contributed by atoms with van der Waals surface area (Å²) in [6, 6.07) is 7.15. The van der Waals surface area contributed by atoms with Gasteiger partial charge in [-0.2, -0.15) is 0 Å². The van der Waals surface area contributed by atoms with Crippen LogP contribution in [0.25, 0.3) is 0 Å². The van der Waals surface area contributed by atoms with Crippen molar-refractivity contribution in [2.75, 3.05) is 32.8 Å². The van der Waals surface area contributed by atoms with E-state index in [-0.39, 0.29) is 10.8 Å². The first-order valence-electron chi connectivity index (χ1n) is 12.5. The Morgan fingerprint density at radius 1 is 0.968 bits per heavy atom. The van der Waals surface area contributed by atoms with Crippen LogP contribution < -0.4 is 0 Å². The van der Waals surface area contributed by atoms with Gasteiger partial charge in [-0.1, -0.05) is 39.8 Å². The largest absolute Gasteiger partial charge is 0.396 e. The maximum Gasteiger partial charge on any atom is 0.0651 e. The highest BCUT2D eigenvalue weighted by Gasteiger charge is 2.37. The van der Waals surface area contributed by atoms with E-state index < -0.39 is 0 Å². The highest BCUT2D eigenvalue weighted by Crippen LogP contribution is 2.46. The van der Waals surface area contributed by atoms with Crippen molar-refractivity contribution in [2.24, 2.45) is 10.9 Å². The van der Waals surface area contributed by atoms with Crippen LogP contribution in [0.15, 0.2) is 34.8 Å². The molecule has 4 rings (SSSR count). The SMILES string of the molecule is CC1(C)CCC(C)(C)c2cc(C3=NCC(C4CCN(CCCCCO)CC4)=C3)ccc21. The zero-order chi connectivity index (χ0) is 22.1. The third-order valence-electron chi connectivity index (χ3n) is 8.15. The number of fused-ring (bicyclic) bond motifs is 1. The van der Waals surface area contributed by atoms with Crippen LogP contribution in [0.4, 0.5) is 0 Å². The second kappa shape index (κ2) is 9.19. The first kappa shape index (κ1) is 22.7. The Morgan fingerprint density at radius 2 is 1.68 bits per heavy atom. The quantitative estimate of drug-likeness (QED) is 0.577. The fraction of sp³-hybridized carbons (Fsp3) is 0.679. The van der Waals surface area contributed by atoms with E-state index in [9.17, 15) is 0 Å². The summed E-state index contributed by atoms with van der Waals surface area (Å²) >= 11 is 0. The minimum absolute atomic E-state index is 0.247. The van der Waals surface area contributed by atoms with Gasteiger partial charge in [0, 0.05) is 6.61 Å². The van der Waals surface area contributed by atoms with E-state index in [1.807, 2.05) is 0 Å². The van der Waals surface area contributed by atoms with Crippen LogP contribution in [-0.2, 0) is 10.8 Å². The topological polar surface area (TPSA) is 35.8 Å². The second-order valence-electron chi connectivity index (χ2n) is 11.3. The summed E-state index contributed by atoms with van der Waals surface area (Å²) in [7, 11) is 0. The van der Waals surface area contributed by atoms with E-state index in [4.69, 9.17) is 10.1 Å². The summed E-state index contributed by atoms with van der Waals surface area (Å²) in [4.78, 5) is 7.58. The first-order valence-corrected chi connectivity index (χ1v) is 12.5. The molecule has 31 heavy (non-hydrogen) atoms. The summed E-state index contributed by atoms with van der Waals surface area (Å²) in [5.74, 6) is 0.697. The van der Waals surface area contributed by atoms with Crippen LogP contribution in [0, 0.1) is 5.92 Å². The van der Waals surface area contributed by atoms with Gasteiger partial charge in [0.05, 0.1) is 12.3 Å². The molecule has 1 N–H and O–H groups in total. The molecule has 1 aromatic rings. The molecule has 0 radical (unpaired) electrons. The van der Waals surface area contributed by atoms with Crippen molar-refractivity contribution in [1.29, 1.82) is 0 Å². The Bertz CT molecular complexity index is 841. The van der Waals surface area contributed by atoms with Crippen molar-refractivity contribution in [2.45, 2.75) is 83.5 Å². The van der Waals surface area contributed by atoms with Gasteiger partial charge in [-0.15, -0.1) is 0 Å². The van der Waals surface area contributed by atoms with Crippen molar-refractivity contribution in [3.8, 4) is 0 Å². The molecular formula is C28H42N2O. The van der Waals surface area contributed by atoms with Crippen molar-refractivity contribution >= 4 is 5.71 Å². The van der Waals surface area contributed by atoms with E-state index in [0.29, 0.717) is 12.5 Å². The molecule has 0 unspecified atom stereocenters. The number of hydrogen-bond acceptors (Lipinski definition) is 3. The summed E-state index contributed by atoms with van der Waals surface area (Å²) in [5.41, 5.74) is 7.63. The number of allylic oxidation sites excluding steroid dienone is 1. The number of unbranched alkanes of at least 4 members (excludes halogenated alkanes) is 2. The average Bonchev–Trinajstić information content (AvgIpc) is 3.25. The number of hydrogen-bond donors (Lipinski definition) is 1. The smallest absolute Gasteiger partial charge is 0.0651 e. The lowest BCUT2D eigenvalue weighted by atomic mass is 9.63. The van der Waals surface area contributed by atoms with Gasteiger partial charge in [0.25, 0.3) is 0 Å². The standard InChI is InChI=1S/C28H42N2O/c1-27(2)12-13-28(3,4)25-18-22(8-9-24(25)27)26-19-23(20-29-26)21-10-15-30(16-11-21)14-6-5-7-17-31/h8-9,18-19,21,31H,5-7,10-17,20H2,1-4H3. The number of aliphatic hydroxyl groups is 1. The fourth-order valence-electron chi connectivity index (χ4n) is 5.76. The summed E-state index contributed by atoms with van der Waals surface area (Å²) in [6.07, 6.45) is 10.8. The van der Waals surface area contributed by atoms with Gasteiger partial charge in [0.15, 0.2) is 0 Å². The van der Waals surface area contributed by atoms with Crippen LogP contribution in [-0.4, -0.2) is 48.5 Å². The molecule has 3 aliphatic rings. The number of aliphatic hydroxyl groups excluding tert-OH is 1. The number of piperidine rings is 1. The molecule has 0 atom stereocenters. The van der Waals surface area contributed by atoms with Crippen LogP contribution in [0.1, 0.15) is 89.3 Å². The van der Waals surface area contributed by atoms with Crippen LogP contribution in [0.5, 0.6) is 0 Å². The second-order valence-corrected chi connectivity index (χ2v) is 11.3. The molecule has 3 heteroatoms. The highest BCUT2D eigenvalue weighted by atomic mass is 16.2. The average molecular weight is 423 g/mol. The molecule has 1 saturated heterocycles. The third kappa shape index (κ3) is 4.98. The number of likely N-dealkylation sites (tertiary alicyclic amines) is 1. The minimum atomic E-state index is 0.247. The molecule has 1 fully saturated rings. The minimum Gasteiger partial charge on any atom is -0.396 e. The molecule has 1 aromatic carbocycles. The van der Waals surface area contributed by atoms with Crippen molar-refractivity contribution in [3.05, 3.63) is 46.5 Å². The summed E-state index contributed by atoms with van der Waals surface area (Å²) in [5, 5.41) is 8.94. The van der Waals surface area contributed by atoms with E-state index in [1.165, 1.54) is 74.1 Å². The molecule has 2 heterocycles. The van der Waals surface area contributed by atoms with Gasteiger partial charge in [0.2, 0.25) is 0 Å². The van der Waals surface area contributed by atoms with Gasteiger partial charge in [-0.25, -0.2) is 0 Å². The molecule has 2 aliphatic heterocycles. The van der Waals surface area contributed by atoms with Gasteiger partial charge in [0.1, 0.15) is 0 Å². The Hall–Kier alpha value is -1.45. The van der Waals surface area contributed by atoms with Crippen molar-refractivity contribution in [1.82, 2.24) is 4.90 Å². The van der Waals surface area contributed by atoms with Gasteiger partial charge in [-0.3, -0.25) is 4.99 Å². The number of nitrogens with zero attached hydrogens (tertiary/aromatic N) is 2. The van der Waals surface area contributed by atoms with Crippen LogP contribution in [0.2, 0.25) is 0 Å². The molecule has 0 spiro atoms. The lowest BCUT2D eigenvalue weighted by Crippen LogP contribution is -2.35. The number of aliphatic imine (C=N–C) groups is 1. The summed E-state index contributed by atoms with van der Waals surface area (Å²) < 4.78 is 0. The maximum atomic E-state index is 8.94. The molecular weight excluding hydrogens is 380 g/mol. The predicted octanol–water partition coefficient (Wildman–Crippen LogP) is 5.64. The predicted molar refractivity (Wildman–Crippen MR) is 131 cm³/mol. The molecule has 0 aromatic heterocycles. The van der Waals surface area contributed by atoms with Crippen molar-refractivity contribution in [3.63, 3.8) is 0 Å².